The number of aliphatic hydroxyl groups excluding tert-OH is 1. The summed E-state index contributed by atoms with van der Waals surface area (Å²) in [5, 5.41) is 9.12. The smallest absolute Gasteiger partial charge is 0.129 e. The first-order valence-electron chi connectivity index (χ1n) is 8.30. The molecule has 0 saturated carbocycles. The predicted octanol–water partition coefficient (Wildman–Crippen LogP) is 2.83. The lowest BCUT2D eigenvalue weighted by Crippen LogP contribution is -2.53. The van der Waals surface area contributed by atoms with Crippen molar-refractivity contribution in [3.8, 4) is 5.75 Å². The van der Waals surface area contributed by atoms with Crippen molar-refractivity contribution in [2.24, 2.45) is 0 Å². The summed E-state index contributed by atoms with van der Waals surface area (Å²) in [6.07, 6.45) is 0.00114. The van der Waals surface area contributed by atoms with E-state index in [9.17, 15) is 0 Å². The van der Waals surface area contributed by atoms with Crippen molar-refractivity contribution < 1.29 is 19.0 Å². The largest absolute Gasteiger partial charge is 0.491 e. The SMILES string of the molecule is CC1(C)CN(Cc2ccc(CO)o2)C[C@@H](COc2ccccc2)O1. The summed E-state index contributed by atoms with van der Waals surface area (Å²) < 4.78 is 17.6. The van der Waals surface area contributed by atoms with Gasteiger partial charge in [-0.3, -0.25) is 4.90 Å². The molecular weight excluding hydrogens is 306 g/mol. The van der Waals surface area contributed by atoms with Gasteiger partial charge in [0.2, 0.25) is 0 Å². The number of morpholine rings is 1. The van der Waals surface area contributed by atoms with Crippen LogP contribution in [0.2, 0.25) is 0 Å². The summed E-state index contributed by atoms with van der Waals surface area (Å²) in [7, 11) is 0. The molecule has 130 valence electrons. The van der Waals surface area contributed by atoms with Crippen LogP contribution in [0.4, 0.5) is 0 Å². The number of hydrogen-bond donors (Lipinski definition) is 1. The van der Waals surface area contributed by atoms with Gasteiger partial charge >= 0.3 is 0 Å². The Hall–Kier alpha value is -1.82. The quantitative estimate of drug-likeness (QED) is 0.882. The molecule has 1 saturated heterocycles. The highest BCUT2D eigenvalue weighted by Gasteiger charge is 2.34. The van der Waals surface area contributed by atoms with Gasteiger partial charge in [-0.1, -0.05) is 18.2 Å². The molecule has 1 aliphatic heterocycles. The second kappa shape index (κ2) is 7.38. The van der Waals surface area contributed by atoms with E-state index in [-0.39, 0.29) is 18.3 Å². The topological polar surface area (TPSA) is 55.1 Å². The average Bonchev–Trinajstić information content (AvgIpc) is 3.00. The zero-order valence-electron chi connectivity index (χ0n) is 14.3. The van der Waals surface area contributed by atoms with Crippen LogP contribution >= 0.6 is 0 Å². The molecule has 24 heavy (non-hydrogen) atoms. The summed E-state index contributed by atoms with van der Waals surface area (Å²) in [4.78, 5) is 2.31. The molecule has 1 atom stereocenters. The minimum absolute atomic E-state index is 0.00114. The summed E-state index contributed by atoms with van der Waals surface area (Å²) in [5.74, 6) is 2.32. The molecule has 5 nitrogen and oxygen atoms in total. The predicted molar refractivity (Wildman–Crippen MR) is 90.8 cm³/mol. The van der Waals surface area contributed by atoms with Gasteiger partial charge in [0, 0.05) is 13.1 Å². The Balaban J connectivity index is 1.59. The highest BCUT2D eigenvalue weighted by atomic mass is 16.5. The fraction of sp³-hybridized carbons (Fsp3) is 0.474. The number of aliphatic hydroxyl groups is 1. The number of ether oxygens (including phenoxy) is 2. The molecule has 0 aliphatic carbocycles. The van der Waals surface area contributed by atoms with E-state index in [0.717, 1.165) is 24.6 Å². The van der Waals surface area contributed by atoms with Crippen LogP contribution in [0.15, 0.2) is 46.9 Å². The normalized spacial score (nSPS) is 20.9. The van der Waals surface area contributed by atoms with Crippen LogP contribution < -0.4 is 4.74 Å². The molecule has 0 amide bonds. The highest BCUT2D eigenvalue weighted by molar-refractivity contribution is 5.21. The molecule has 1 fully saturated rings. The van der Waals surface area contributed by atoms with Gasteiger partial charge < -0.3 is 19.0 Å². The molecule has 0 bridgehead atoms. The Kier molecular flexibility index (Phi) is 5.23. The number of benzene rings is 1. The Morgan fingerprint density at radius 2 is 1.92 bits per heavy atom. The summed E-state index contributed by atoms with van der Waals surface area (Å²) >= 11 is 0. The van der Waals surface area contributed by atoms with Crippen LogP contribution in [0.3, 0.4) is 0 Å². The van der Waals surface area contributed by atoms with Crippen molar-refractivity contribution in [2.45, 2.75) is 38.7 Å². The molecule has 0 spiro atoms. The third-order valence-corrected chi connectivity index (χ3v) is 3.98. The van der Waals surface area contributed by atoms with E-state index >= 15 is 0 Å². The van der Waals surface area contributed by atoms with Gasteiger partial charge in [-0.05, 0) is 38.1 Å². The summed E-state index contributed by atoms with van der Waals surface area (Å²) in [6, 6.07) is 13.5. The second-order valence-corrected chi connectivity index (χ2v) is 6.82. The first kappa shape index (κ1) is 17.0. The van der Waals surface area contributed by atoms with Gasteiger partial charge in [0.1, 0.15) is 36.6 Å². The molecule has 1 aromatic carbocycles. The summed E-state index contributed by atoms with van der Waals surface area (Å²) in [5.41, 5.74) is -0.241. The molecule has 1 aliphatic rings. The van der Waals surface area contributed by atoms with Gasteiger partial charge in [-0.15, -0.1) is 0 Å². The van der Waals surface area contributed by atoms with E-state index in [4.69, 9.17) is 19.0 Å². The minimum Gasteiger partial charge on any atom is -0.491 e. The van der Waals surface area contributed by atoms with E-state index in [1.165, 1.54) is 0 Å². The van der Waals surface area contributed by atoms with E-state index in [0.29, 0.717) is 18.9 Å². The van der Waals surface area contributed by atoms with E-state index in [1.807, 2.05) is 42.5 Å². The number of para-hydroxylation sites is 1. The average molecular weight is 331 g/mol. The van der Waals surface area contributed by atoms with Crippen molar-refractivity contribution in [1.82, 2.24) is 4.90 Å². The van der Waals surface area contributed by atoms with Crippen molar-refractivity contribution >= 4 is 0 Å². The third-order valence-electron chi connectivity index (χ3n) is 3.98. The number of rotatable bonds is 6. The molecule has 1 aromatic heterocycles. The number of furan rings is 1. The van der Waals surface area contributed by atoms with E-state index in [1.54, 1.807) is 0 Å². The number of nitrogens with zero attached hydrogens (tertiary/aromatic N) is 1. The van der Waals surface area contributed by atoms with Crippen LogP contribution in [0.5, 0.6) is 5.75 Å². The zero-order valence-corrected chi connectivity index (χ0v) is 14.3. The maximum atomic E-state index is 9.12. The van der Waals surface area contributed by atoms with Gasteiger partial charge in [0.25, 0.3) is 0 Å². The minimum atomic E-state index is -0.241. The van der Waals surface area contributed by atoms with Gasteiger partial charge in [-0.25, -0.2) is 0 Å². The first-order valence-corrected chi connectivity index (χ1v) is 8.30. The lowest BCUT2D eigenvalue weighted by molar-refractivity contribution is -0.148. The maximum absolute atomic E-state index is 9.12. The monoisotopic (exact) mass is 331 g/mol. The fourth-order valence-corrected chi connectivity index (χ4v) is 3.14. The molecule has 2 heterocycles. The standard InChI is InChI=1S/C19H25NO4/c1-19(2)14-20(10-16-8-9-17(12-21)23-16)11-18(24-19)13-22-15-6-4-3-5-7-15/h3-9,18,21H,10-14H2,1-2H3/t18-/m0/s1. The van der Waals surface area contributed by atoms with E-state index in [2.05, 4.69) is 18.7 Å². The molecular formula is C19H25NO4. The molecule has 0 radical (unpaired) electrons. The van der Waals surface area contributed by atoms with E-state index < -0.39 is 0 Å². The van der Waals surface area contributed by atoms with Gasteiger partial charge in [0.05, 0.1) is 12.1 Å². The molecule has 1 N–H and O–H groups in total. The van der Waals surface area contributed by atoms with Crippen molar-refractivity contribution in [2.75, 3.05) is 19.7 Å². The molecule has 5 heteroatoms. The molecule has 0 unspecified atom stereocenters. The Morgan fingerprint density at radius 3 is 2.62 bits per heavy atom. The van der Waals surface area contributed by atoms with Crippen LogP contribution in [-0.4, -0.2) is 41.4 Å². The Labute approximate surface area is 142 Å². The second-order valence-electron chi connectivity index (χ2n) is 6.82. The Bertz CT molecular complexity index is 638. The van der Waals surface area contributed by atoms with Crippen molar-refractivity contribution in [3.63, 3.8) is 0 Å². The number of hydrogen-bond acceptors (Lipinski definition) is 5. The van der Waals surface area contributed by atoms with Crippen molar-refractivity contribution in [3.05, 3.63) is 54.0 Å². The van der Waals surface area contributed by atoms with Crippen molar-refractivity contribution in [1.29, 1.82) is 0 Å². The zero-order chi connectivity index (χ0) is 17.0. The summed E-state index contributed by atoms with van der Waals surface area (Å²) in [6.45, 7) is 6.95. The van der Waals surface area contributed by atoms with Gasteiger partial charge in [0.15, 0.2) is 0 Å². The molecule has 2 aromatic rings. The third kappa shape index (κ3) is 4.60. The van der Waals surface area contributed by atoms with Crippen LogP contribution in [0.1, 0.15) is 25.4 Å². The fourth-order valence-electron chi connectivity index (χ4n) is 3.14. The van der Waals surface area contributed by atoms with Crippen LogP contribution in [-0.2, 0) is 17.9 Å². The maximum Gasteiger partial charge on any atom is 0.129 e. The van der Waals surface area contributed by atoms with Crippen LogP contribution in [0.25, 0.3) is 0 Å². The molecule has 3 rings (SSSR count). The Morgan fingerprint density at radius 1 is 1.17 bits per heavy atom. The lowest BCUT2D eigenvalue weighted by atomic mass is 10.1. The van der Waals surface area contributed by atoms with Gasteiger partial charge in [-0.2, -0.15) is 0 Å². The lowest BCUT2D eigenvalue weighted by Gasteiger charge is -2.42. The first-order chi connectivity index (χ1) is 11.5. The van der Waals surface area contributed by atoms with Crippen LogP contribution in [0, 0.1) is 0 Å². The highest BCUT2D eigenvalue weighted by Crippen LogP contribution is 2.24.